The van der Waals surface area contributed by atoms with Crippen LogP contribution in [-0.2, 0) is 4.79 Å². The van der Waals surface area contributed by atoms with Crippen molar-refractivity contribution < 1.29 is 14.8 Å². The molecule has 0 aliphatic carbocycles. The van der Waals surface area contributed by atoms with Gasteiger partial charge in [-0.3, -0.25) is 19.8 Å². The fourth-order valence-corrected chi connectivity index (χ4v) is 4.06. The molecule has 0 bridgehead atoms. The molecule has 2 aromatic carbocycles. The summed E-state index contributed by atoms with van der Waals surface area (Å²) in [5.41, 5.74) is 0.268. The Hall–Kier alpha value is -1.58. The molecule has 124 valence electrons. The van der Waals surface area contributed by atoms with Crippen LogP contribution in [0.1, 0.15) is 11.6 Å². The van der Waals surface area contributed by atoms with E-state index < -0.39 is 22.2 Å². The van der Waals surface area contributed by atoms with Crippen LogP contribution in [0.25, 0.3) is 0 Å². The molecule has 1 aliphatic heterocycles. The van der Waals surface area contributed by atoms with Gasteiger partial charge in [-0.1, -0.05) is 23.7 Å². The molecule has 1 saturated heterocycles. The summed E-state index contributed by atoms with van der Waals surface area (Å²) in [6, 6.07) is 8.22. The first-order valence-electron chi connectivity index (χ1n) is 6.71. The zero-order valence-corrected chi connectivity index (χ0v) is 15.5. The number of phenolic OH excluding ortho intramolecular Hbond substituents is 1. The maximum absolute atomic E-state index is 12.3. The van der Waals surface area contributed by atoms with Crippen molar-refractivity contribution in [2.45, 2.75) is 11.4 Å². The second-order valence-electron chi connectivity index (χ2n) is 5.13. The van der Waals surface area contributed by atoms with Gasteiger partial charge in [0.25, 0.3) is 5.69 Å². The third-order valence-corrected chi connectivity index (χ3v) is 5.21. The van der Waals surface area contributed by atoms with Gasteiger partial charge in [0.2, 0.25) is 5.91 Å². The Labute approximate surface area is 160 Å². The van der Waals surface area contributed by atoms with E-state index >= 15 is 0 Å². The number of nitro groups is 1. The molecule has 0 spiro atoms. The smallest absolute Gasteiger partial charge is 0.292 e. The Morgan fingerprint density at radius 1 is 1.29 bits per heavy atom. The molecule has 1 fully saturated rings. The average molecular weight is 479 g/mol. The monoisotopic (exact) mass is 478 g/mol. The summed E-state index contributed by atoms with van der Waals surface area (Å²) >= 11 is 14.1. The van der Waals surface area contributed by atoms with Gasteiger partial charge >= 0.3 is 0 Å². The lowest BCUT2D eigenvalue weighted by atomic mass is 9.91. The Kier molecular flexibility index (Phi) is 4.58. The van der Waals surface area contributed by atoms with Crippen LogP contribution in [0.15, 0.2) is 36.4 Å². The summed E-state index contributed by atoms with van der Waals surface area (Å²) in [7, 11) is 0. The van der Waals surface area contributed by atoms with Crippen molar-refractivity contribution >= 4 is 63.1 Å². The van der Waals surface area contributed by atoms with Gasteiger partial charge in [0.1, 0.15) is 16.8 Å². The molecule has 1 N–H and O–H groups in total. The minimum atomic E-state index is -0.940. The second kappa shape index (κ2) is 6.38. The molecule has 2 aromatic rings. The summed E-state index contributed by atoms with van der Waals surface area (Å²) in [6.45, 7) is 0. The summed E-state index contributed by atoms with van der Waals surface area (Å²) in [4.78, 5) is 24.1. The van der Waals surface area contributed by atoms with Crippen LogP contribution in [0, 0.1) is 13.7 Å². The van der Waals surface area contributed by atoms with E-state index in [1.807, 2.05) is 22.6 Å². The van der Waals surface area contributed by atoms with Gasteiger partial charge in [0, 0.05) is 16.7 Å². The number of alkyl halides is 1. The number of nitro benzene ring substituents is 1. The average Bonchev–Trinajstić information content (AvgIpc) is 2.55. The summed E-state index contributed by atoms with van der Waals surface area (Å²) in [5.74, 6) is -0.517. The molecular formula is C15H9Cl2IN2O4. The number of aromatic hydroxyl groups is 1. The van der Waals surface area contributed by atoms with Crippen LogP contribution in [0.4, 0.5) is 11.4 Å². The SMILES string of the molecule is O=C1C(Cl)C(c2cc(Cl)cc(I)c2O)N1c1ccccc1[N+](=O)[O-]. The highest BCUT2D eigenvalue weighted by Crippen LogP contribution is 2.48. The number of para-hydroxylation sites is 2. The van der Waals surface area contributed by atoms with Crippen LogP contribution in [0.2, 0.25) is 5.02 Å². The predicted octanol–water partition coefficient (Wildman–Crippen LogP) is 4.25. The van der Waals surface area contributed by atoms with E-state index in [0.717, 1.165) is 0 Å². The normalized spacial score (nSPS) is 20.0. The molecule has 2 atom stereocenters. The molecule has 0 radical (unpaired) electrons. The van der Waals surface area contributed by atoms with Crippen LogP contribution in [0.3, 0.4) is 0 Å². The summed E-state index contributed by atoms with van der Waals surface area (Å²) < 4.78 is 0.501. The predicted molar refractivity (Wildman–Crippen MR) is 98.8 cm³/mol. The van der Waals surface area contributed by atoms with Crippen molar-refractivity contribution in [1.29, 1.82) is 0 Å². The van der Waals surface area contributed by atoms with Crippen molar-refractivity contribution in [2.24, 2.45) is 0 Å². The van der Waals surface area contributed by atoms with E-state index in [1.54, 1.807) is 12.1 Å². The van der Waals surface area contributed by atoms with Gasteiger partial charge in [0.15, 0.2) is 0 Å². The highest BCUT2D eigenvalue weighted by Gasteiger charge is 2.51. The molecule has 0 aromatic heterocycles. The van der Waals surface area contributed by atoms with Crippen molar-refractivity contribution in [1.82, 2.24) is 0 Å². The third kappa shape index (κ3) is 2.70. The van der Waals surface area contributed by atoms with Crippen LogP contribution in [-0.4, -0.2) is 21.3 Å². The Morgan fingerprint density at radius 3 is 2.62 bits per heavy atom. The third-order valence-electron chi connectivity index (χ3n) is 3.74. The van der Waals surface area contributed by atoms with Crippen molar-refractivity contribution in [3.63, 3.8) is 0 Å². The van der Waals surface area contributed by atoms with Gasteiger partial charge in [-0.05, 0) is 40.8 Å². The number of hydrogen-bond acceptors (Lipinski definition) is 4. The van der Waals surface area contributed by atoms with Crippen LogP contribution >= 0.6 is 45.8 Å². The second-order valence-corrected chi connectivity index (χ2v) is 7.19. The largest absolute Gasteiger partial charge is 0.506 e. The lowest BCUT2D eigenvalue weighted by molar-refractivity contribution is -0.384. The van der Waals surface area contributed by atoms with E-state index in [2.05, 4.69) is 0 Å². The summed E-state index contributed by atoms with van der Waals surface area (Å²) in [5, 5.41) is 21.0. The first kappa shape index (κ1) is 17.2. The number of amides is 1. The van der Waals surface area contributed by atoms with Gasteiger partial charge in [-0.2, -0.15) is 0 Å². The number of anilines is 1. The van der Waals surface area contributed by atoms with Crippen LogP contribution < -0.4 is 4.90 Å². The zero-order valence-electron chi connectivity index (χ0n) is 11.8. The van der Waals surface area contributed by atoms with Crippen LogP contribution in [0.5, 0.6) is 5.75 Å². The molecule has 1 aliphatic rings. The van der Waals surface area contributed by atoms with Crippen molar-refractivity contribution in [2.75, 3.05) is 4.90 Å². The first-order chi connectivity index (χ1) is 11.3. The van der Waals surface area contributed by atoms with E-state index in [9.17, 15) is 20.0 Å². The fraction of sp³-hybridized carbons (Fsp3) is 0.133. The van der Waals surface area contributed by atoms with E-state index in [0.29, 0.717) is 14.2 Å². The fourth-order valence-electron chi connectivity index (χ4n) is 2.65. The highest BCUT2D eigenvalue weighted by molar-refractivity contribution is 14.1. The number of carbonyl (C=O) groups excluding carboxylic acids is 1. The van der Waals surface area contributed by atoms with Gasteiger partial charge in [0.05, 0.1) is 14.5 Å². The lowest BCUT2D eigenvalue weighted by Crippen LogP contribution is -2.56. The number of carbonyl (C=O) groups is 1. The molecule has 2 unspecified atom stereocenters. The topological polar surface area (TPSA) is 83.7 Å². The maximum atomic E-state index is 12.3. The molecule has 1 amide bonds. The Bertz CT molecular complexity index is 861. The van der Waals surface area contributed by atoms with Crippen molar-refractivity contribution in [3.05, 3.63) is 60.7 Å². The van der Waals surface area contributed by atoms with Gasteiger partial charge < -0.3 is 5.11 Å². The highest BCUT2D eigenvalue weighted by atomic mass is 127. The first-order valence-corrected chi connectivity index (χ1v) is 8.60. The molecule has 1 heterocycles. The molecule has 0 saturated carbocycles. The standard InChI is InChI=1S/C15H9Cl2IN2O4/c16-7-5-8(14(21)9(18)6-7)13-12(17)15(22)19(13)10-3-1-2-4-11(10)20(23)24/h1-6,12-13,21H. The Morgan fingerprint density at radius 2 is 1.96 bits per heavy atom. The molecule has 6 nitrogen and oxygen atoms in total. The number of nitrogens with zero attached hydrogens (tertiary/aromatic N) is 2. The Balaban J connectivity index is 2.13. The number of benzene rings is 2. The number of rotatable bonds is 3. The number of β-lactam (4-membered cyclic amide) rings is 1. The molecule has 9 heteroatoms. The van der Waals surface area contributed by atoms with E-state index in [4.69, 9.17) is 23.2 Å². The lowest BCUT2D eigenvalue weighted by Gasteiger charge is -2.44. The number of halogens is 3. The molecule has 3 rings (SSSR count). The van der Waals surface area contributed by atoms with E-state index in [1.165, 1.54) is 29.2 Å². The minimum absolute atomic E-state index is 0.0493. The van der Waals surface area contributed by atoms with Gasteiger partial charge in [-0.15, -0.1) is 11.6 Å². The summed E-state index contributed by atoms with van der Waals surface area (Å²) in [6.07, 6.45) is 0. The van der Waals surface area contributed by atoms with E-state index in [-0.39, 0.29) is 17.1 Å². The number of hydrogen-bond donors (Lipinski definition) is 1. The molecule has 24 heavy (non-hydrogen) atoms. The van der Waals surface area contributed by atoms with Gasteiger partial charge in [-0.25, -0.2) is 0 Å². The number of phenols is 1. The van der Waals surface area contributed by atoms with Crippen molar-refractivity contribution in [3.8, 4) is 5.75 Å². The maximum Gasteiger partial charge on any atom is 0.292 e. The minimum Gasteiger partial charge on any atom is -0.506 e. The molecular weight excluding hydrogens is 470 g/mol. The zero-order chi connectivity index (χ0) is 17.6. The quantitative estimate of drug-likeness (QED) is 0.235.